The molecule has 232 valence electrons. The Morgan fingerprint density at radius 1 is 1.02 bits per heavy atom. The third-order valence-electron chi connectivity index (χ3n) is 7.71. The lowest BCUT2D eigenvalue weighted by Crippen LogP contribution is -2.46. The summed E-state index contributed by atoms with van der Waals surface area (Å²) in [4.78, 5) is 31.2. The molecule has 0 radical (unpaired) electrons. The van der Waals surface area contributed by atoms with E-state index in [9.17, 15) is 22.8 Å². The molecule has 8 nitrogen and oxygen atoms in total. The molecule has 5 rings (SSSR count). The number of hydrogen-bond acceptors (Lipinski definition) is 6. The highest BCUT2D eigenvalue weighted by molar-refractivity contribution is 6.34. The predicted octanol–water partition coefficient (Wildman–Crippen LogP) is 5.52. The minimum absolute atomic E-state index is 0.0516. The predicted molar refractivity (Wildman–Crippen MR) is 160 cm³/mol. The van der Waals surface area contributed by atoms with E-state index in [0.717, 1.165) is 29.8 Å². The van der Waals surface area contributed by atoms with Gasteiger partial charge in [-0.2, -0.15) is 18.3 Å². The van der Waals surface area contributed by atoms with Crippen molar-refractivity contribution in [2.45, 2.75) is 18.6 Å². The van der Waals surface area contributed by atoms with Gasteiger partial charge in [0.15, 0.2) is 0 Å². The zero-order chi connectivity index (χ0) is 31.3. The summed E-state index contributed by atoms with van der Waals surface area (Å²) in [6, 6.07) is 18.0. The highest BCUT2D eigenvalue weighted by atomic mass is 35.5. The summed E-state index contributed by atoms with van der Waals surface area (Å²) in [5, 5.41) is 6.55. The molecule has 0 unspecified atom stereocenters. The fourth-order valence-electron chi connectivity index (χ4n) is 5.34. The number of halogens is 4. The van der Waals surface area contributed by atoms with Gasteiger partial charge in [-0.15, -0.1) is 0 Å². The van der Waals surface area contributed by atoms with E-state index in [4.69, 9.17) is 26.2 Å². The van der Waals surface area contributed by atoms with Gasteiger partial charge in [0.1, 0.15) is 12.3 Å². The van der Waals surface area contributed by atoms with Crippen LogP contribution in [0.5, 0.6) is 5.75 Å². The summed E-state index contributed by atoms with van der Waals surface area (Å²) in [6.07, 6.45) is -4.18. The van der Waals surface area contributed by atoms with Crippen LogP contribution >= 0.6 is 11.6 Å². The zero-order valence-electron chi connectivity index (χ0n) is 24.1. The molecular formula is C32H32ClF3N4O4. The first-order valence-corrected chi connectivity index (χ1v) is 14.6. The van der Waals surface area contributed by atoms with Crippen molar-refractivity contribution in [3.63, 3.8) is 0 Å². The van der Waals surface area contributed by atoms with E-state index in [1.54, 1.807) is 25.3 Å². The first-order chi connectivity index (χ1) is 21.2. The van der Waals surface area contributed by atoms with Crippen molar-refractivity contribution >= 4 is 29.1 Å². The smallest absolute Gasteiger partial charge is 0.416 e. The lowest BCUT2D eigenvalue weighted by Gasteiger charge is -2.31. The molecular weight excluding hydrogens is 597 g/mol. The molecule has 1 atom stereocenters. The number of ether oxygens (including phenoxy) is 2. The Balaban J connectivity index is 1.44. The second-order valence-electron chi connectivity index (χ2n) is 10.5. The Hall–Kier alpha value is -3.93. The van der Waals surface area contributed by atoms with Crippen molar-refractivity contribution in [3.05, 3.63) is 100 Å². The number of alkyl halides is 3. The van der Waals surface area contributed by atoms with Crippen LogP contribution in [-0.4, -0.2) is 85.4 Å². The summed E-state index contributed by atoms with van der Waals surface area (Å²) < 4.78 is 50.5. The number of hydrazone groups is 1. The largest absolute Gasteiger partial charge is 0.496 e. The highest BCUT2D eigenvalue weighted by Crippen LogP contribution is 2.38. The van der Waals surface area contributed by atoms with Gasteiger partial charge < -0.3 is 14.4 Å². The molecule has 2 amide bonds. The normalized spacial score (nSPS) is 17.3. The molecule has 2 aliphatic heterocycles. The van der Waals surface area contributed by atoms with Crippen LogP contribution in [0.1, 0.15) is 39.5 Å². The van der Waals surface area contributed by atoms with Gasteiger partial charge in [0.05, 0.1) is 37.6 Å². The molecule has 2 heterocycles. The third kappa shape index (κ3) is 7.23. The first-order valence-electron chi connectivity index (χ1n) is 14.2. The number of carbonyl (C=O) groups is 2. The first kappa shape index (κ1) is 31.5. The minimum atomic E-state index is -4.53. The standard InChI is InChI=1S/C32H32ClF3N4O4/c1-43-29-9-5-3-7-25(29)28-20-27(24-6-2-4-8-26(24)33)37-40(28)30(41)21-39(15-14-38-16-18-44-19-17-38)31(42)22-10-12-23(13-11-22)32(34,35)36/h2-13,28H,14-21H2,1H3/t28-/m0/s1. The highest BCUT2D eigenvalue weighted by Gasteiger charge is 2.37. The van der Waals surface area contributed by atoms with E-state index in [1.807, 2.05) is 30.3 Å². The molecule has 0 saturated carbocycles. The van der Waals surface area contributed by atoms with Gasteiger partial charge in [-0.05, 0) is 36.4 Å². The SMILES string of the molecule is COc1ccccc1[C@@H]1CC(c2ccccc2Cl)=NN1C(=O)CN(CCN1CCOCC1)C(=O)c1ccc(C(F)(F)F)cc1. The quantitative estimate of drug-likeness (QED) is 0.312. The summed E-state index contributed by atoms with van der Waals surface area (Å²) in [5.74, 6) is -0.426. The summed E-state index contributed by atoms with van der Waals surface area (Å²) >= 11 is 6.49. The maximum absolute atomic E-state index is 14.0. The minimum Gasteiger partial charge on any atom is -0.496 e. The van der Waals surface area contributed by atoms with Crippen LogP contribution in [0.15, 0.2) is 77.9 Å². The second kappa shape index (κ2) is 13.8. The zero-order valence-corrected chi connectivity index (χ0v) is 24.9. The van der Waals surface area contributed by atoms with Crippen molar-refractivity contribution < 1.29 is 32.2 Å². The summed E-state index contributed by atoms with van der Waals surface area (Å²) in [5.41, 5.74) is 1.23. The van der Waals surface area contributed by atoms with Crippen LogP contribution < -0.4 is 4.74 Å². The number of para-hydroxylation sites is 1. The third-order valence-corrected chi connectivity index (χ3v) is 8.04. The molecule has 0 spiro atoms. The Bertz CT molecular complexity index is 1510. The number of rotatable bonds is 9. The van der Waals surface area contributed by atoms with E-state index in [2.05, 4.69) is 4.90 Å². The molecule has 1 saturated heterocycles. The van der Waals surface area contributed by atoms with Crippen LogP contribution in [0.4, 0.5) is 13.2 Å². The number of nitrogens with zero attached hydrogens (tertiary/aromatic N) is 4. The summed E-state index contributed by atoms with van der Waals surface area (Å²) in [6.45, 7) is 2.76. The van der Waals surface area contributed by atoms with E-state index < -0.39 is 29.6 Å². The number of hydrogen-bond donors (Lipinski definition) is 0. The van der Waals surface area contributed by atoms with Crippen molar-refractivity contribution in [1.29, 1.82) is 0 Å². The Morgan fingerprint density at radius 3 is 2.39 bits per heavy atom. The van der Waals surface area contributed by atoms with Crippen LogP contribution in [0.2, 0.25) is 5.02 Å². The molecule has 0 N–H and O–H groups in total. The van der Waals surface area contributed by atoms with Gasteiger partial charge in [-0.1, -0.05) is 48.0 Å². The van der Waals surface area contributed by atoms with Gasteiger partial charge in [0.2, 0.25) is 0 Å². The van der Waals surface area contributed by atoms with Crippen LogP contribution in [0.3, 0.4) is 0 Å². The number of morpholine rings is 1. The van der Waals surface area contributed by atoms with E-state index in [-0.39, 0.29) is 18.7 Å². The Kier molecular flexibility index (Phi) is 9.87. The molecule has 0 aliphatic carbocycles. The molecule has 12 heteroatoms. The van der Waals surface area contributed by atoms with Crippen molar-refractivity contribution in [3.8, 4) is 5.75 Å². The van der Waals surface area contributed by atoms with Crippen LogP contribution in [0, 0.1) is 0 Å². The van der Waals surface area contributed by atoms with Crippen LogP contribution in [0.25, 0.3) is 0 Å². The summed E-state index contributed by atoms with van der Waals surface area (Å²) in [7, 11) is 1.55. The lowest BCUT2D eigenvalue weighted by molar-refractivity contribution is -0.137. The monoisotopic (exact) mass is 628 g/mol. The maximum atomic E-state index is 14.0. The van der Waals surface area contributed by atoms with Crippen molar-refractivity contribution in [1.82, 2.24) is 14.8 Å². The van der Waals surface area contributed by atoms with Gasteiger partial charge >= 0.3 is 6.18 Å². The number of amides is 2. The Labute approximate surface area is 258 Å². The average Bonchev–Trinajstić information content (AvgIpc) is 3.48. The molecule has 2 aliphatic rings. The molecule has 0 bridgehead atoms. The van der Waals surface area contributed by atoms with Gasteiger partial charge in [-0.25, -0.2) is 5.01 Å². The molecule has 1 fully saturated rings. The maximum Gasteiger partial charge on any atom is 0.416 e. The Morgan fingerprint density at radius 2 is 1.70 bits per heavy atom. The molecule has 3 aromatic rings. The van der Waals surface area contributed by atoms with Crippen LogP contribution in [-0.2, 0) is 15.7 Å². The van der Waals surface area contributed by atoms with E-state index in [0.29, 0.717) is 61.3 Å². The van der Waals surface area contributed by atoms with E-state index in [1.165, 1.54) is 9.91 Å². The lowest BCUT2D eigenvalue weighted by atomic mass is 9.97. The van der Waals surface area contributed by atoms with E-state index >= 15 is 0 Å². The van der Waals surface area contributed by atoms with Crippen molar-refractivity contribution in [2.75, 3.05) is 53.0 Å². The van der Waals surface area contributed by atoms with Gasteiger partial charge in [0, 0.05) is 54.3 Å². The van der Waals surface area contributed by atoms with Gasteiger partial charge in [-0.3, -0.25) is 14.5 Å². The molecule has 3 aromatic carbocycles. The molecule has 44 heavy (non-hydrogen) atoms. The molecule has 0 aromatic heterocycles. The fourth-order valence-corrected chi connectivity index (χ4v) is 5.59. The number of benzene rings is 3. The van der Waals surface area contributed by atoms with Crippen molar-refractivity contribution in [2.24, 2.45) is 5.10 Å². The number of carbonyl (C=O) groups excluding carboxylic acids is 2. The fraction of sp³-hybridized carbons (Fsp3) is 0.344. The van der Waals surface area contributed by atoms with Gasteiger partial charge in [0.25, 0.3) is 11.8 Å². The topological polar surface area (TPSA) is 74.7 Å². The second-order valence-corrected chi connectivity index (χ2v) is 10.9. The number of methoxy groups -OCH3 is 1. The average molecular weight is 629 g/mol.